The van der Waals surface area contributed by atoms with Crippen molar-refractivity contribution in [2.45, 2.75) is 116 Å². The summed E-state index contributed by atoms with van der Waals surface area (Å²) in [5, 5.41) is 17.1. The highest BCUT2D eigenvalue weighted by molar-refractivity contribution is 5.99. The molecule has 1 aromatic carbocycles. The van der Waals surface area contributed by atoms with Crippen molar-refractivity contribution >= 4 is 52.3 Å². The Labute approximate surface area is 310 Å². The van der Waals surface area contributed by atoms with Gasteiger partial charge >= 0.3 is 0 Å². The Morgan fingerprint density at radius 3 is 1.89 bits per heavy atom. The van der Waals surface area contributed by atoms with Crippen molar-refractivity contribution < 1.29 is 33.6 Å². The van der Waals surface area contributed by atoms with Gasteiger partial charge in [-0.05, 0) is 55.2 Å². The molecule has 7 atom stereocenters. The van der Waals surface area contributed by atoms with E-state index in [1.54, 1.807) is 27.0 Å². The van der Waals surface area contributed by atoms with E-state index in [1.807, 2.05) is 45.0 Å². The van der Waals surface area contributed by atoms with Crippen molar-refractivity contribution in [1.82, 2.24) is 36.9 Å². The predicted octanol–water partition coefficient (Wildman–Crippen LogP) is -0.00470. The van der Waals surface area contributed by atoms with Crippen LogP contribution >= 0.6 is 0 Å². The van der Waals surface area contributed by atoms with E-state index in [1.165, 1.54) is 0 Å². The monoisotopic (exact) mass is 739 g/mol. The molecule has 1 fully saturated rings. The van der Waals surface area contributed by atoms with E-state index in [2.05, 4.69) is 36.9 Å². The fourth-order valence-electron chi connectivity index (χ4n) is 6.25. The van der Waals surface area contributed by atoms with Gasteiger partial charge in [0.05, 0.1) is 6.42 Å². The Balaban J connectivity index is 2.15. The van der Waals surface area contributed by atoms with Gasteiger partial charge in [0, 0.05) is 23.5 Å². The second-order valence-electron chi connectivity index (χ2n) is 14.6. The topological polar surface area (TPSA) is 260 Å². The van der Waals surface area contributed by atoms with Gasteiger partial charge in [0.1, 0.15) is 36.3 Å². The summed E-state index contributed by atoms with van der Waals surface area (Å²) in [7, 11) is 0. The molecule has 1 aliphatic rings. The zero-order chi connectivity index (χ0) is 39.4. The van der Waals surface area contributed by atoms with Gasteiger partial charge < -0.3 is 48.4 Å². The van der Waals surface area contributed by atoms with E-state index in [0.717, 1.165) is 10.9 Å². The number of aromatic amines is 1. The zero-order valence-electron chi connectivity index (χ0n) is 31.5. The van der Waals surface area contributed by atoms with Crippen molar-refractivity contribution in [2.75, 3.05) is 6.54 Å². The number of hydrogen-bond donors (Lipinski definition) is 9. The van der Waals surface area contributed by atoms with Crippen molar-refractivity contribution in [3.05, 3.63) is 36.0 Å². The van der Waals surface area contributed by atoms with Gasteiger partial charge in [0.25, 0.3) is 0 Å². The number of benzene rings is 1. The standard InChI is InChI=1S/C37H57N9O7/c1-7-21(6)31-37(53)45-30(20(4)5)36(52)44-28(17-29(39)47)34(50)41-25(13-10-14-38)32(48)43-27(16-22-18-40-24-12-9-8-11-23(22)24)33(49)42-26(15-19(2)3)35(51)46-31/h8-9,11-12,18-21,25-28,30-31,40H,7,10,13-17,38H2,1-6H3,(H2,39,47)(H,41,50)(H,42,49)(H,43,48)(H,44,52)(H,45,53)(H,46,51)/t21?,25-,26+,27+,28+,30+,31?/m1/s1. The third-order valence-electron chi connectivity index (χ3n) is 9.48. The molecule has 2 aromatic rings. The quantitative estimate of drug-likeness (QED) is 0.143. The highest BCUT2D eigenvalue weighted by Crippen LogP contribution is 2.20. The van der Waals surface area contributed by atoms with Crippen molar-refractivity contribution in [3.8, 4) is 0 Å². The summed E-state index contributed by atoms with van der Waals surface area (Å²) in [6, 6.07) is 0.129. The van der Waals surface area contributed by atoms with E-state index in [0.29, 0.717) is 18.4 Å². The minimum atomic E-state index is -1.50. The number of carbonyl (C=O) groups excluding carboxylic acids is 7. The summed E-state index contributed by atoms with van der Waals surface area (Å²) in [5.74, 6) is -6.08. The van der Waals surface area contributed by atoms with E-state index in [9.17, 15) is 33.6 Å². The maximum absolute atomic E-state index is 14.2. The molecule has 16 heteroatoms. The van der Waals surface area contributed by atoms with Gasteiger partial charge in [-0.25, -0.2) is 0 Å². The molecule has 3 rings (SSSR count). The van der Waals surface area contributed by atoms with E-state index in [-0.39, 0.29) is 37.6 Å². The molecule has 53 heavy (non-hydrogen) atoms. The summed E-state index contributed by atoms with van der Waals surface area (Å²) in [6.45, 7) is 10.9. The molecule has 1 aromatic heterocycles. The summed E-state index contributed by atoms with van der Waals surface area (Å²) < 4.78 is 0. The first kappa shape index (κ1) is 42.4. The van der Waals surface area contributed by atoms with Gasteiger partial charge in [-0.15, -0.1) is 0 Å². The molecule has 1 aliphatic heterocycles. The van der Waals surface area contributed by atoms with Crippen LogP contribution in [0.5, 0.6) is 0 Å². The molecule has 2 heterocycles. The molecular formula is C37H57N9O7. The fraction of sp³-hybridized carbons (Fsp3) is 0.595. The number of para-hydroxylation sites is 1. The first-order valence-corrected chi connectivity index (χ1v) is 18.4. The van der Waals surface area contributed by atoms with E-state index in [4.69, 9.17) is 11.5 Å². The minimum Gasteiger partial charge on any atom is -0.370 e. The fourth-order valence-corrected chi connectivity index (χ4v) is 6.25. The first-order valence-electron chi connectivity index (χ1n) is 18.4. The van der Waals surface area contributed by atoms with Crippen LogP contribution in [-0.2, 0) is 40.0 Å². The van der Waals surface area contributed by atoms with Gasteiger partial charge in [-0.1, -0.05) is 66.2 Å². The van der Waals surface area contributed by atoms with Gasteiger partial charge in [-0.3, -0.25) is 33.6 Å². The van der Waals surface area contributed by atoms with E-state index < -0.39 is 89.9 Å². The summed E-state index contributed by atoms with van der Waals surface area (Å²) in [6.07, 6.45) is 2.22. The lowest BCUT2D eigenvalue weighted by molar-refractivity contribution is -0.138. The van der Waals surface area contributed by atoms with Crippen LogP contribution in [0.1, 0.15) is 79.2 Å². The SMILES string of the molecule is CCC(C)C1NC(=O)[C@H](CC(C)C)NC(=O)[C@H](Cc2c[nH]c3ccccc23)NC(=O)[C@@H](CCCN)NC(=O)[C@H](CC(N)=O)NC(=O)[C@H](C(C)C)NC1=O. The van der Waals surface area contributed by atoms with Crippen LogP contribution in [0.25, 0.3) is 10.9 Å². The maximum Gasteiger partial charge on any atom is 0.243 e. The normalized spacial score (nSPS) is 24.7. The number of fused-ring (bicyclic) bond motifs is 1. The van der Waals surface area contributed by atoms with Crippen LogP contribution in [0.2, 0.25) is 0 Å². The molecule has 0 radical (unpaired) electrons. The van der Waals surface area contributed by atoms with Crippen LogP contribution in [0.4, 0.5) is 0 Å². The van der Waals surface area contributed by atoms with Crippen LogP contribution in [0, 0.1) is 17.8 Å². The smallest absolute Gasteiger partial charge is 0.243 e. The number of H-pyrrole nitrogens is 1. The van der Waals surface area contributed by atoms with Crippen LogP contribution in [0.3, 0.4) is 0 Å². The number of nitrogens with one attached hydrogen (secondary N) is 7. The molecule has 0 spiro atoms. The largest absolute Gasteiger partial charge is 0.370 e. The number of aromatic nitrogens is 1. The number of rotatable bonds is 12. The predicted molar refractivity (Wildman–Crippen MR) is 199 cm³/mol. The molecular weight excluding hydrogens is 682 g/mol. The summed E-state index contributed by atoms with van der Waals surface area (Å²) in [5.41, 5.74) is 12.7. The maximum atomic E-state index is 14.2. The Hall–Kier alpha value is -4.99. The first-order chi connectivity index (χ1) is 25.1. The average molecular weight is 740 g/mol. The number of nitrogens with two attached hydrogens (primary N) is 2. The highest BCUT2D eigenvalue weighted by Gasteiger charge is 2.37. The molecule has 16 nitrogen and oxygen atoms in total. The summed E-state index contributed by atoms with van der Waals surface area (Å²) in [4.78, 5) is 98.6. The molecule has 0 aliphatic carbocycles. The van der Waals surface area contributed by atoms with Crippen molar-refractivity contribution in [1.29, 1.82) is 0 Å². The molecule has 2 unspecified atom stereocenters. The Kier molecular flexibility index (Phi) is 15.8. The Bertz CT molecular complexity index is 1620. The summed E-state index contributed by atoms with van der Waals surface area (Å²) >= 11 is 0. The lowest BCUT2D eigenvalue weighted by atomic mass is 9.95. The molecule has 11 N–H and O–H groups in total. The Morgan fingerprint density at radius 1 is 0.717 bits per heavy atom. The molecule has 0 bridgehead atoms. The second kappa shape index (κ2) is 19.7. The lowest BCUT2D eigenvalue weighted by Crippen LogP contribution is -2.63. The van der Waals surface area contributed by atoms with Crippen LogP contribution in [-0.4, -0.2) is 89.1 Å². The van der Waals surface area contributed by atoms with Crippen LogP contribution in [0.15, 0.2) is 30.5 Å². The number of hydrogen-bond acceptors (Lipinski definition) is 8. The number of amides is 7. The molecule has 292 valence electrons. The lowest BCUT2D eigenvalue weighted by Gasteiger charge is -2.31. The van der Waals surface area contributed by atoms with Gasteiger partial charge in [0.15, 0.2) is 0 Å². The van der Waals surface area contributed by atoms with Gasteiger partial charge in [-0.2, -0.15) is 0 Å². The molecule has 7 amide bonds. The third-order valence-corrected chi connectivity index (χ3v) is 9.48. The Morgan fingerprint density at radius 2 is 1.26 bits per heavy atom. The van der Waals surface area contributed by atoms with E-state index >= 15 is 0 Å². The second-order valence-corrected chi connectivity index (χ2v) is 14.6. The average Bonchev–Trinajstić information content (AvgIpc) is 3.51. The van der Waals surface area contributed by atoms with Crippen molar-refractivity contribution in [2.24, 2.45) is 29.2 Å². The number of primary amides is 1. The van der Waals surface area contributed by atoms with Crippen molar-refractivity contribution in [3.63, 3.8) is 0 Å². The highest BCUT2D eigenvalue weighted by atomic mass is 16.2. The minimum absolute atomic E-state index is 0.0179. The van der Waals surface area contributed by atoms with Gasteiger partial charge in [0.2, 0.25) is 41.4 Å². The molecule has 1 saturated heterocycles. The molecule has 0 saturated carbocycles. The third kappa shape index (κ3) is 12.0. The van der Waals surface area contributed by atoms with Crippen LogP contribution < -0.4 is 43.4 Å². The zero-order valence-corrected chi connectivity index (χ0v) is 31.5. The number of carbonyl (C=O) groups is 7.